The van der Waals surface area contributed by atoms with Gasteiger partial charge in [-0.2, -0.15) is 19.7 Å². The summed E-state index contributed by atoms with van der Waals surface area (Å²) >= 11 is 0. The molecule has 0 saturated heterocycles. The maximum absolute atomic E-state index is 4.49. The van der Waals surface area contributed by atoms with E-state index in [1.54, 1.807) is 17.2 Å². The third-order valence-electron chi connectivity index (χ3n) is 4.03. The van der Waals surface area contributed by atoms with E-state index in [0.717, 1.165) is 23.5 Å². The smallest absolute Gasteiger partial charge is 0.254 e. The van der Waals surface area contributed by atoms with Crippen molar-refractivity contribution in [1.82, 2.24) is 34.3 Å². The van der Waals surface area contributed by atoms with Crippen LogP contribution in [0.3, 0.4) is 0 Å². The van der Waals surface area contributed by atoms with Gasteiger partial charge in [-0.25, -0.2) is 9.97 Å². The van der Waals surface area contributed by atoms with Crippen LogP contribution in [-0.2, 0) is 13.0 Å². The second-order valence-electron chi connectivity index (χ2n) is 5.68. The van der Waals surface area contributed by atoms with Gasteiger partial charge in [0.2, 0.25) is 0 Å². The van der Waals surface area contributed by atoms with Crippen LogP contribution < -0.4 is 5.32 Å². The van der Waals surface area contributed by atoms with Crippen LogP contribution in [0, 0.1) is 0 Å². The Balaban J connectivity index is 1.72. The van der Waals surface area contributed by atoms with Gasteiger partial charge in [0.1, 0.15) is 24.8 Å². The van der Waals surface area contributed by atoms with Crippen molar-refractivity contribution in [3.63, 3.8) is 0 Å². The van der Waals surface area contributed by atoms with Crippen molar-refractivity contribution < 1.29 is 0 Å². The number of hydrogen-bond donors (Lipinski definition) is 1. The Morgan fingerprint density at radius 3 is 2.76 bits per heavy atom. The van der Waals surface area contributed by atoms with Gasteiger partial charge < -0.3 is 5.32 Å². The normalized spacial score (nSPS) is 12.4. The minimum atomic E-state index is 0.00223. The molecule has 1 N–H and O–H groups in total. The van der Waals surface area contributed by atoms with Crippen LogP contribution in [0.4, 0.5) is 5.82 Å². The summed E-state index contributed by atoms with van der Waals surface area (Å²) in [5.74, 6) is 1.45. The molecular weight excluding hydrogens is 316 g/mol. The molecule has 1 unspecified atom stereocenters. The molecule has 126 valence electrons. The monoisotopic (exact) mass is 334 g/mol. The highest BCUT2D eigenvalue weighted by Gasteiger charge is 2.16. The molecule has 3 heterocycles. The van der Waals surface area contributed by atoms with E-state index in [-0.39, 0.29) is 6.04 Å². The van der Waals surface area contributed by atoms with Gasteiger partial charge in [-0.05, 0) is 12.0 Å². The van der Waals surface area contributed by atoms with Gasteiger partial charge >= 0.3 is 0 Å². The Morgan fingerprint density at radius 2 is 2.00 bits per heavy atom. The standard InChI is InChI=1S/C17H18N8/c1-2-14-8-16(25-17(22-14)19-11-21-25)23-15(9-24-12-18-10-20-24)13-6-4-3-5-7-13/h3-8,10-12,15,23H,2,9H2,1H3. The molecule has 8 nitrogen and oxygen atoms in total. The fourth-order valence-corrected chi connectivity index (χ4v) is 2.76. The van der Waals surface area contributed by atoms with Gasteiger partial charge in [0, 0.05) is 11.8 Å². The molecule has 0 spiro atoms. The van der Waals surface area contributed by atoms with Crippen LogP contribution in [0.1, 0.15) is 24.2 Å². The lowest BCUT2D eigenvalue weighted by molar-refractivity contribution is 0.547. The second kappa shape index (κ2) is 6.68. The van der Waals surface area contributed by atoms with Crippen LogP contribution in [0.2, 0.25) is 0 Å². The van der Waals surface area contributed by atoms with E-state index in [1.165, 1.54) is 6.33 Å². The largest absolute Gasteiger partial charge is 0.361 e. The summed E-state index contributed by atoms with van der Waals surface area (Å²) in [5.41, 5.74) is 2.12. The van der Waals surface area contributed by atoms with Crippen LogP contribution >= 0.6 is 0 Å². The Bertz CT molecular complexity index is 945. The highest BCUT2D eigenvalue weighted by atomic mass is 15.4. The average Bonchev–Trinajstić information content (AvgIpc) is 3.33. The third-order valence-corrected chi connectivity index (χ3v) is 4.03. The number of nitrogens with zero attached hydrogens (tertiary/aromatic N) is 7. The minimum Gasteiger partial charge on any atom is -0.361 e. The SMILES string of the molecule is CCc1cc(NC(Cn2cncn2)c2ccccc2)n2ncnc2n1. The first kappa shape index (κ1) is 15.3. The van der Waals surface area contributed by atoms with E-state index in [1.807, 2.05) is 28.9 Å². The molecule has 25 heavy (non-hydrogen) atoms. The van der Waals surface area contributed by atoms with Crippen LogP contribution in [-0.4, -0.2) is 34.3 Å². The highest BCUT2D eigenvalue weighted by molar-refractivity contribution is 5.46. The molecule has 0 radical (unpaired) electrons. The van der Waals surface area contributed by atoms with Gasteiger partial charge in [0.05, 0.1) is 12.6 Å². The quantitative estimate of drug-likeness (QED) is 0.581. The lowest BCUT2D eigenvalue weighted by Gasteiger charge is -2.21. The minimum absolute atomic E-state index is 0.00223. The van der Waals surface area contributed by atoms with Crippen LogP contribution in [0.15, 0.2) is 55.4 Å². The van der Waals surface area contributed by atoms with Crippen molar-refractivity contribution in [2.24, 2.45) is 0 Å². The Hall–Kier alpha value is -3.29. The molecule has 3 aromatic heterocycles. The van der Waals surface area contributed by atoms with Crippen molar-refractivity contribution in [1.29, 1.82) is 0 Å². The third kappa shape index (κ3) is 3.18. The number of aromatic nitrogens is 7. The molecule has 0 aliphatic heterocycles. The number of fused-ring (bicyclic) bond motifs is 1. The van der Waals surface area contributed by atoms with Crippen LogP contribution in [0.5, 0.6) is 0 Å². The summed E-state index contributed by atoms with van der Waals surface area (Å²) in [5, 5.41) is 12.1. The predicted octanol–water partition coefficient (Wildman–Crippen LogP) is 2.13. The van der Waals surface area contributed by atoms with Crippen molar-refractivity contribution >= 4 is 11.6 Å². The fraction of sp³-hybridized carbons (Fsp3) is 0.235. The summed E-state index contributed by atoms with van der Waals surface area (Å²) in [7, 11) is 0. The lowest BCUT2D eigenvalue weighted by atomic mass is 10.1. The maximum atomic E-state index is 4.49. The van der Waals surface area contributed by atoms with E-state index >= 15 is 0 Å². The summed E-state index contributed by atoms with van der Waals surface area (Å²) in [6, 6.07) is 12.3. The molecule has 0 saturated carbocycles. The number of aryl methyl sites for hydroxylation is 1. The Kier molecular flexibility index (Phi) is 4.07. The van der Waals surface area contributed by atoms with Crippen molar-refractivity contribution in [3.8, 4) is 0 Å². The molecule has 1 aromatic carbocycles. The zero-order valence-electron chi connectivity index (χ0n) is 13.8. The molecule has 0 aliphatic carbocycles. The van der Waals surface area contributed by atoms with Gasteiger partial charge in [-0.1, -0.05) is 37.3 Å². The maximum Gasteiger partial charge on any atom is 0.254 e. The van der Waals surface area contributed by atoms with E-state index < -0.39 is 0 Å². The van der Waals surface area contributed by atoms with Crippen LogP contribution in [0.25, 0.3) is 5.78 Å². The second-order valence-corrected chi connectivity index (χ2v) is 5.68. The van der Waals surface area contributed by atoms with Gasteiger partial charge in [0.25, 0.3) is 5.78 Å². The Morgan fingerprint density at radius 1 is 1.12 bits per heavy atom. The summed E-state index contributed by atoms with van der Waals surface area (Å²) in [6.45, 7) is 2.72. The summed E-state index contributed by atoms with van der Waals surface area (Å²) < 4.78 is 3.53. The fourth-order valence-electron chi connectivity index (χ4n) is 2.76. The van der Waals surface area contributed by atoms with Crippen molar-refractivity contribution in [2.45, 2.75) is 25.9 Å². The molecule has 0 aliphatic rings. The zero-order chi connectivity index (χ0) is 17.1. The molecule has 0 fully saturated rings. The van der Waals surface area contributed by atoms with Crippen molar-refractivity contribution in [2.75, 3.05) is 5.32 Å². The van der Waals surface area contributed by atoms with Gasteiger partial charge in [-0.15, -0.1) is 0 Å². The van der Waals surface area contributed by atoms with E-state index in [9.17, 15) is 0 Å². The molecule has 0 bridgehead atoms. The first-order valence-corrected chi connectivity index (χ1v) is 8.17. The van der Waals surface area contributed by atoms with E-state index in [2.05, 4.69) is 49.5 Å². The van der Waals surface area contributed by atoms with E-state index in [0.29, 0.717) is 12.3 Å². The number of nitrogens with one attached hydrogen (secondary N) is 1. The topological polar surface area (TPSA) is 85.8 Å². The Labute approximate surface area is 144 Å². The van der Waals surface area contributed by atoms with E-state index in [4.69, 9.17) is 0 Å². The zero-order valence-corrected chi connectivity index (χ0v) is 13.8. The molecule has 8 heteroatoms. The molecular formula is C17H18N8. The van der Waals surface area contributed by atoms with Crippen molar-refractivity contribution in [3.05, 3.63) is 66.6 Å². The lowest BCUT2D eigenvalue weighted by Crippen LogP contribution is -2.20. The number of anilines is 1. The average molecular weight is 334 g/mol. The predicted molar refractivity (Wildman–Crippen MR) is 93.0 cm³/mol. The molecule has 4 rings (SSSR count). The first-order chi connectivity index (χ1) is 12.3. The number of rotatable bonds is 6. The summed E-state index contributed by atoms with van der Waals surface area (Å²) in [4.78, 5) is 12.7. The number of hydrogen-bond acceptors (Lipinski definition) is 6. The van der Waals surface area contributed by atoms with Gasteiger partial charge in [0.15, 0.2) is 0 Å². The molecule has 4 aromatic rings. The molecule has 0 amide bonds. The highest BCUT2D eigenvalue weighted by Crippen LogP contribution is 2.22. The number of benzene rings is 1. The first-order valence-electron chi connectivity index (χ1n) is 8.17. The molecule has 1 atom stereocenters. The van der Waals surface area contributed by atoms with Gasteiger partial charge in [-0.3, -0.25) is 4.68 Å². The summed E-state index contributed by atoms with van der Waals surface area (Å²) in [6.07, 6.45) is 5.60.